The molecule has 0 atom stereocenters. The van der Waals surface area contributed by atoms with E-state index in [0.717, 1.165) is 23.6 Å². The van der Waals surface area contributed by atoms with Crippen molar-refractivity contribution in [1.29, 1.82) is 0 Å². The lowest BCUT2D eigenvalue weighted by atomic mass is 9.95. The van der Waals surface area contributed by atoms with Crippen LogP contribution in [-0.2, 0) is 25.6 Å². The smallest absolute Gasteiger partial charge is 0.350 e. The van der Waals surface area contributed by atoms with Crippen molar-refractivity contribution in [2.75, 3.05) is 6.54 Å². The van der Waals surface area contributed by atoms with Gasteiger partial charge in [0, 0.05) is 23.4 Å². The van der Waals surface area contributed by atoms with Crippen LogP contribution in [0.15, 0.2) is 42.5 Å². The van der Waals surface area contributed by atoms with E-state index in [1.165, 1.54) is 4.68 Å². The van der Waals surface area contributed by atoms with Gasteiger partial charge in [0.15, 0.2) is 5.69 Å². The standard InChI is InChI=1S/C21H20F3N3O/c22-21(23,24)19-17-7-3-4-8-18(17)27(26-19)12-11-25-20(28)16-10-9-14-5-1-2-6-15(14)13-16/h1-2,5-6,9-10,13H,3-4,7-8,11-12H2,(H,25,28). The van der Waals surface area contributed by atoms with Gasteiger partial charge in [0.25, 0.3) is 5.91 Å². The summed E-state index contributed by atoms with van der Waals surface area (Å²) in [5, 5.41) is 8.61. The summed E-state index contributed by atoms with van der Waals surface area (Å²) >= 11 is 0. The van der Waals surface area contributed by atoms with Gasteiger partial charge in [-0.2, -0.15) is 18.3 Å². The van der Waals surface area contributed by atoms with Gasteiger partial charge in [-0.15, -0.1) is 0 Å². The number of fused-ring (bicyclic) bond motifs is 2. The van der Waals surface area contributed by atoms with Crippen LogP contribution in [0.1, 0.15) is 40.2 Å². The van der Waals surface area contributed by atoms with Crippen molar-refractivity contribution in [2.24, 2.45) is 0 Å². The fourth-order valence-corrected chi connectivity index (χ4v) is 3.79. The number of nitrogens with one attached hydrogen (secondary N) is 1. The van der Waals surface area contributed by atoms with Crippen LogP contribution in [0.4, 0.5) is 13.2 Å². The maximum atomic E-state index is 13.2. The van der Waals surface area contributed by atoms with Crippen LogP contribution in [0.3, 0.4) is 0 Å². The van der Waals surface area contributed by atoms with Crippen LogP contribution in [0.5, 0.6) is 0 Å². The maximum Gasteiger partial charge on any atom is 0.435 e. The van der Waals surface area contributed by atoms with Crippen molar-refractivity contribution >= 4 is 16.7 Å². The zero-order valence-corrected chi connectivity index (χ0v) is 15.2. The molecule has 3 aromatic rings. The number of aromatic nitrogens is 2. The predicted octanol–water partition coefficient (Wildman–Crippen LogP) is 4.36. The molecule has 0 saturated heterocycles. The third-order valence-corrected chi connectivity index (χ3v) is 5.15. The summed E-state index contributed by atoms with van der Waals surface area (Å²) in [6, 6.07) is 13.2. The van der Waals surface area contributed by atoms with Crippen molar-refractivity contribution in [1.82, 2.24) is 15.1 Å². The van der Waals surface area contributed by atoms with Crippen LogP contribution in [-0.4, -0.2) is 22.2 Å². The third kappa shape index (κ3) is 3.61. The molecule has 4 nitrogen and oxygen atoms in total. The first-order valence-electron chi connectivity index (χ1n) is 9.36. The van der Waals surface area contributed by atoms with Crippen LogP contribution in [0, 0.1) is 0 Å². The zero-order valence-electron chi connectivity index (χ0n) is 15.2. The number of carbonyl (C=O) groups is 1. The largest absolute Gasteiger partial charge is 0.435 e. The normalized spacial score (nSPS) is 14.1. The van der Waals surface area contributed by atoms with Crippen LogP contribution in [0.25, 0.3) is 10.8 Å². The van der Waals surface area contributed by atoms with Crippen molar-refractivity contribution in [3.05, 3.63) is 65.0 Å². The van der Waals surface area contributed by atoms with Gasteiger partial charge in [-0.05, 0) is 48.6 Å². The Morgan fingerprint density at radius 2 is 1.82 bits per heavy atom. The summed E-state index contributed by atoms with van der Waals surface area (Å²) in [6.45, 7) is 0.439. The van der Waals surface area contributed by atoms with E-state index in [1.54, 1.807) is 6.07 Å². The molecule has 0 bridgehead atoms. The number of halogens is 3. The SMILES string of the molecule is O=C(NCCn1nc(C(F)(F)F)c2c1CCCC2)c1ccc2ccccc2c1. The molecule has 28 heavy (non-hydrogen) atoms. The van der Waals surface area contributed by atoms with Gasteiger partial charge in [0.2, 0.25) is 0 Å². The van der Waals surface area contributed by atoms with E-state index in [9.17, 15) is 18.0 Å². The Bertz CT molecular complexity index is 1020. The van der Waals surface area contributed by atoms with Crippen LogP contribution in [0.2, 0.25) is 0 Å². The molecular weight excluding hydrogens is 367 g/mol. The van der Waals surface area contributed by atoms with Gasteiger partial charge < -0.3 is 5.32 Å². The lowest BCUT2D eigenvalue weighted by molar-refractivity contribution is -0.142. The van der Waals surface area contributed by atoms with Crippen LogP contribution >= 0.6 is 0 Å². The van der Waals surface area contributed by atoms with Crippen molar-refractivity contribution in [3.63, 3.8) is 0 Å². The average Bonchev–Trinajstić information content (AvgIpc) is 3.07. The number of hydrogen-bond donors (Lipinski definition) is 1. The van der Waals surface area contributed by atoms with Gasteiger partial charge in [-0.1, -0.05) is 30.3 Å². The maximum absolute atomic E-state index is 13.2. The summed E-state index contributed by atoms with van der Waals surface area (Å²) in [5.41, 5.74) is 0.721. The van der Waals surface area contributed by atoms with Gasteiger partial charge >= 0.3 is 6.18 Å². The number of amides is 1. The van der Waals surface area contributed by atoms with E-state index in [0.29, 0.717) is 29.7 Å². The van der Waals surface area contributed by atoms with E-state index < -0.39 is 11.9 Å². The molecule has 0 saturated carbocycles. The Balaban J connectivity index is 1.46. The Morgan fingerprint density at radius 3 is 2.61 bits per heavy atom. The number of hydrogen-bond acceptors (Lipinski definition) is 2. The second-order valence-electron chi connectivity index (χ2n) is 7.02. The molecule has 1 N–H and O–H groups in total. The average molecular weight is 387 g/mol. The molecule has 0 aliphatic heterocycles. The Kier molecular flexibility index (Phi) is 4.83. The molecule has 1 aromatic heterocycles. The summed E-state index contributed by atoms with van der Waals surface area (Å²) in [5.74, 6) is -0.247. The topological polar surface area (TPSA) is 46.9 Å². The molecule has 0 fully saturated rings. The highest BCUT2D eigenvalue weighted by Crippen LogP contribution is 2.35. The molecule has 1 amide bonds. The number of alkyl halides is 3. The minimum absolute atomic E-state index is 0.219. The quantitative estimate of drug-likeness (QED) is 0.723. The Morgan fingerprint density at radius 1 is 1.07 bits per heavy atom. The van der Waals surface area contributed by atoms with Gasteiger partial charge in [0.1, 0.15) is 0 Å². The number of benzene rings is 2. The molecule has 1 heterocycles. The molecule has 7 heteroatoms. The predicted molar refractivity (Wildman–Crippen MR) is 100 cm³/mol. The molecule has 1 aliphatic carbocycles. The van der Waals surface area contributed by atoms with Gasteiger partial charge in [-0.25, -0.2) is 0 Å². The molecule has 2 aromatic carbocycles. The van der Waals surface area contributed by atoms with E-state index in [-0.39, 0.29) is 19.0 Å². The monoisotopic (exact) mass is 387 g/mol. The number of rotatable bonds is 4. The summed E-state index contributed by atoms with van der Waals surface area (Å²) in [4.78, 5) is 12.4. The van der Waals surface area contributed by atoms with Crippen molar-refractivity contribution < 1.29 is 18.0 Å². The van der Waals surface area contributed by atoms with Gasteiger partial charge in [0.05, 0.1) is 6.54 Å². The second-order valence-corrected chi connectivity index (χ2v) is 7.02. The highest BCUT2D eigenvalue weighted by atomic mass is 19.4. The van der Waals surface area contributed by atoms with Crippen molar-refractivity contribution in [3.8, 4) is 0 Å². The van der Waals surface area contributed by atoms with E-state index in [2.05, 4.69) is 10.4 Å². The molecule has 4 rings (SSSR count). The molecule has 0 radical (unpaired) electrons. The summed E-state index contributed by atoms with van der Waals surface area (Å²) in [7, 11) is 0. The lowest BCUT2D eigenvalue weighted by Gasteiger charge is -2.15. The second kappa shape index (κ2) is 7.30. The zero-order chi connectivity index (χ0) is 19.7. The van der Waals surface area contributed by atoms with E-state index in [1.807, 2.05) is 36.4 Å². The van der Waals surface area contributed by atoms with Crippen molar-refractivity contribution in [2.45, 2.75) is 38.4 Å². The Hall–Kier alpha value is -2.83. The first-order valence-corrected chi connectivity index (χ1v) is 9.36. The molecule has 0 unspecified atom stereocenters. The summed E-state index contributed by atoms with van der Waals surface area (Å²) < 4.78 is 41.1. The molecule has 146 valence electrons. The highest BCUT2D eigenvalue weighted by Gasteiger charge is 2.39. The lowest BCUT2D eigenvalue weighted by Crippen LogP contribution is -2.28. The Labute approximate surface area is 160 Å². The van der Waals surface area contributed by atoms with E-state index >= 15 is 0 Å². The minimum Gasteiger partial charge on any atom is -0.350 e. The molecule has 0 spiro atoms. The highest BCUT2D eigenvalue weighted by molar-refractivity contribution is 5.98. The number of carbonyl (C=O) groups excluding carboxylic acids is 1. The minimum atomic E-state index is -4.44. The van der Waals surface area contributed by atoms with Gasteiger partial charge in [-0.3, -0.25) is 9.48 Å². The fourth-order valence-electron chi connectivity index (χ4n) is 3.79. The third-order valence-electron chi connectivity index (χ3n) is 5.15. The van der Waals surface area contributed by atoms with E-state index in [4.69, 9.17) is 0 Å². The first-order chi connectivity index (χ1) is 13.4. The molecular formula is C21H20F3N3O. The first kappa shape index (κ1) is 18.5. The number of nitrogens with zero attached hydrogens (tertiary/aromatic N) is 2. The van der Waals surface area contributed by atoms with Crippen LogP contribution < -0.4 is 5.32 Å². The molecule has 1 aliphatic rings. The summed E-state index contributed by atoms with van der Waals surface area (Å²) in [6.07, 6.45) is -1.83. The fraction of sp³-hybridized carbons (Fsp3) is 0.333.